The highest BCUT2D eigenvalue weighted by Crippen LogP contribution is 2.14. The normalized spacial score (nSPS) is 12.6. The van der Waals surface area contributed by atoms with E-state index in [0.717, 1.165) is 16.8 Å². The molecular formula is C27H42NO2+. The summed E-state index contributed by atoms with van der Waals surface area (Å²) in [5.74, 6) is 0.905. The summed E-state index contributed by atoms with van der Waals surface area (Å²) in [5.41, 5.74) is 1.47. The van der Waals surface area contributed by atoms with E-state index in [1.54, 1.807) is 0 Å². The highest BCUT2D eigenvalue weighted by atomic mass is 16.5. The van der Waals surface area contributed by atoms with Crippen molar-refractivity contribution in [3.8, 4) is 5.75 Å². The number of benzene rings is 2. The molecule has 3 nitrogen and oxygen atoms in total. The van der Waals surface area contributed by atoms with Gasteiger partial charge in [-0.2, -0.15) is 0 Å². The smallest absolute Gasteiger partial charge is 0.190 e. The van der Waals surface area contributed by atoms with Crippen molar-refractivity contribution in [1.29, 1.82) is 0 Å². The lowest BCUT2D eigenvalue weighted by Gasteiger charge is -2.35. The minimum atomic E-state index is 0.183. The molecule has 1 unspecified atom stereocenters. The van der Waals surface area contributed by atoms with Crippen molar-refractivity contribution in [2.24, 2.45) is 0 Å². The van der Waals surface area contributed by atoms with E-state index in [4.69, 9.17) is 9.47 Å². The number of unbranched alkanes of at least 4 members (excludes halogenated alkanes) is 6. The number of ether oxygens (including phenoxy) is 2. The molecule has 1 atom stereocenters. The molecule has 0 aliphatic heterocycles. The highest BCUT2D eigenvalue weighted by Gasteiger charge is 2.23. The molecule has 0 heterocycles. The van der Waals surface area contributed by atoms with Gasteiger partial charge in [-0.05, 0) is 43.4 Å². The third-order valence-electron chi connectivity index (χ3n) is 5.98. The summed E-state index contributed by atoms with van der Waals surface area (Å²) in [4.78, 5) is 0. The van der Waals surface area contributed by atoms with E-state index in [1.165, 1.54) is 56.9 Å². The van der Waals surface area contributed by atoms with Crippen LogP contribution in [0.2, 0.25) is 0 Å². The van der Waals surface area contributed by atoms with E-state index in [1.807, 2.05) is 30.3 Å². The van der Waals surface area contributed by atoms with E-state index in [2.05, 4.69) is 51.4 Å². The van der Waals surface area contributed by atoms with Gasteiger partial charge in [-0.25, -0.2) is 0 Å². The Labute approximate surface area is 184 Å². The maximum absolute atomic E-state index is 6.03. The van der Waals surface area contributed by atoms with Crippen LogP contribution in [0.5, 0.6) is 5.75 Å². The van der Waals surface area contributed by atoms with Crippen LogP contribution in [-0.4, -0.2) is 44.6 Å². The van der Waals surface area contributed by atoms with Gasteiger partial charge in [0.25, 0.3) is 0 Å². The van der Waals surface area contributed by atoms with Crippen molar-refractivity contribution in [1.82, 2.24) is 0 Å². The minimum Gasteiger partial charge on any atom is -0.491 e. The van der Waals surface area contributed by atoms with Crippen LogP contribution < -0.4 is 4.74 Å². The van der Waals surface area contributed by atoms with Gasteiger partial charge in [0.1, 0.15) is 12.4 Å². The monoisotopic (exact) mass is 412 g/mol. The van der Waals surface area contributed by atoms with E-state index in [-0.39, 0.29) is 6.23 Å². The number of quaternary nitrogens is 1. The fraction of sp³-hybridized carbons (Fsp3) is 0.556. The maximum Gasteiger partial charge on any atom is 0.190 e. The van der Waals surface area contributed by atoms with Gasteiger partial charge >= 0.3 is 0 Å². The summed E-state index contributed by atoms with van der Waals surface area (Å²) in [7, 11) is 4.54. The van der Waals surface area contributed by atoms with Gasteiger partial charge in [0.05, 0.1) is 27.2 Å². The highest BCUT2D eigenvalue weighted by molar-refractivity contribution is 5.20. The number of rotatable bonds is 16. The van der Waals surface area contributed by atoms with Gasteiger partial charge in [0.2, 0.25) is 0 Å². The van der Waals surface area contributed by atoms with Crippen LogP contribution in [-0.2, 0) is 11.2 Å². The van der Waals surface area contributed by atoms with E-state index < -0.39 is 0 Å². The molecule has 0 bridgehead atoms. The van der Waals surface area contributed by atoms with Gasteiger partial charge in [-0.15, -0.1) is 0 Å². The molecular weight excluding hydrogens is 370 g/mol. The number of hydrogen-bond donors (Lipinski definition) is 0. The molecule has 3 heteroatoms. The zero-order valence-electron chi connectivity index (χ0n) is 19.4. The van der Waals surface area contributed by atoms with Crippen molar-refractivity contribution >= 4 is 0 Å². The molecule has 0 aliphatic carbocycles. The third kappa shape index (κ3) is 10.3. The van der Waals surface area contributed by atoms with Crippen LogP contribution in [0.25, 0.3) is 0 Å². The molecule has 2 aromatic carbocycles. The zero-order chi connectivity index (χ0) is 21.5. The van der Waals surface area contributed by atoms with Crippen molar-refractivity contribution in [3.63, 3.8) is 0 Å². The second-order valence-electron chi connectivity index (χ2n) is 8.84. The van der Waals surface area contributed by atoms with E-state index >= 15 is 0 Å². The Morgan fingerprint density at radius 1 is 0.700 bits per heavy atom. The molecule has 2 rings (SSSR count). The Kier molecular flexibility index (Phi) is 11.6. The summed E-state index contributed by atoms with van der Waals surface area (Å²) >= 11 is 0. The molecule has 0 radical (unpaired) electrons. The molecule has 0 saturated heterocycles. The molecule has 0 aromatic heterocycles. The summed E-state index contributed by atoms with van der Waals surface area (Å²) in [5, 5.41) is 0. The van der Waals surface area contributed by atoms with Gasteiger partial charge < -0.3 is 14.0 Å². The summed E-state index contributed by atoms with van der Waals surface area (Å²) < 4.78 is 12.7. The lowest BCUT2D eigenvalue weighted by atomic mass is 10.0. The number of aryl methyl sites for hydroxylation is 1. The molecule has 30 heavy (non-hydrogen) atoms. The van der Waals surface area contributed by atoms with Gasteiger partial charge in [0, 0.05) is 6.92 Å². The Hall–Kier alpha value is -1.84. The second-order valence-corrected chi connectivity index (χ2v) is 8.84. The topological polar surface area (TPSA) is 18.5 Å². The first kappa shape index (κ1) is 24.4. The molecule has 2 aromatic rings. The molecule has 0 N–H and O–H groups in total. The fourth-order valence-electron chi connectivity index (χ4n) is 3.66. The van der Waals surface area contributed by atoms with Crippen molar-refractivity contribution in [3.05, 3.63) is 66.2 Å². The molecule has 0 spiro atoms. The van der Waals surface area contributed by atoms with Crippen molar-refractivity contribution < 1.29 is 14.0 Å². The SMILES string of the molecule is CC(OCCOc1ccccc1)[N+](C)(C)CCCCCCCCCc1ccccc1. The lowest BCUT2D eigenvalue weighted by molar-refractivity contribution is -0.935. The first-order valence-electron chi connectivity index (χ1n) is 11.7. The molecule has 0 aliphatic rings. The average Bonchev–Trinajstić information content (AvgIpc) is 2.76. The predicted molar refractivity (Wildman–Crippen MR) is 127 cm³/mol. The Morgan fingerprint density at radius 3 is 1.93 bits per heavy atom. The van der Waals surface area contributed by atoms with Crippen LogP contribution in [0, 0.1) is 0 Å². The molecule has 166 valence electrons. The molecule has 0 amide bonds. The average molecular weight is 413 g/mol. The standard InChI is InChI=1S/C27H42NO2/c1-25(29-23-24-30-27-20-14-10-15-21-27)28(2,3)22-16-8-6-4-5-7-11-17-26-18-12-9-13-19-26/h9-10,12-15,18-21,25H,4-8,11,16-17,22-24H2,1-3H3/q+1. The summed E-state index contributed by atoms with van der Waals surface area (Å²) in [6.07, 6.45) is 10.8. The Bertz CT molecular complexity index is 657. The van der Waals surface area contributed by atoms with Crippen LogP contribution in [0.3, 0.4) is 0 Å². The largest absolute Gasteiger partial charge is 0.491 e. The summed E-state index contributed by atoms with van der Waals surface area (Å²) in [6.45, 7) is 4.56. The van der Waals surface area contributed by atoms with Gasteiger partial charge in [-0.3, -0.25) is 0 Å². The predicted octanol–water partition coefficient (Wildman–Crippen LogP) is 6.48. The third-order valence-corrected chi connectivity index (χ3v) is 5.98. The summed E-state index contributed by atoms with van der Waals surface area (Å²) in [6, 6.07) is 20.8. The van der Waals surface area contributed by atoms with E-state index in [9.17, 15) is 0 Å². The quantitative estimate of drug-likeness (QED) is 0.178. The van der Waals surface area contributed by atoms with Crippen molar-refractivity contribution in [2.75, 3.05) is 33.9 Å². The van der Waals surface area contributed by atoms with Crippen LogP contribution in [0.4, 0.5) is 0 Å². The van der Waals surface area contributed by atoms with Gasteiger partial charge in [-0.1, -0.05) is 74.2 Å². The van der Waals surface area contributed by atoms with Crippen LogP contribution >= 0.6 is 0 Å². The molecule has 0 saturated carbocycles. The van der Waals surface area contributed by atoms with E-state index in [0.29, 0.717) is 13.2 Å². The molecule has 0 fully saturated rings. The van der Waals surface area contributed by atoms with Crippen LogP contribution in [0.15, 0.2) is 60.7 Å². The Morgan fingerprint density at radius 2 is 1.27 bits per heavy atom. The first-order valence-corrected chi connectivity index (χ1v) is 11.7. The van der Waals surface area contributed by atoms with Crippen LogP contribution in [0.1, 0.15) is 57.4 Å². The fourth-order valence-corrected chi connectivity index (χ4v) is 3.66. The number of hydrogen-bond acceptors (Lipinski definition) is 2. The van der Waals surface area contributed by atoms with Crippen molar-refractivity contribution in [2.45, 2.75) is 64.5 Å². The minimum absolute atomic E-state index is 0.183. The second kappa shape index (κ2) is 14.2. The first-order chi connectivity index (χ1) is 14.6. The Balaban J connectivity index is 1.44. The zero-order valence-corrected chi connectivity index (χ0v) is 19.4. The lowest BCUT2D eigenvalue weighted by Crippen LogP contribution is -2.49. The maximum atomic E-state index is 6.03. The number of para-hydroxylation sites is 1. The van der Waals surface area contributed by atoms with Gasteiger partial charge in [0.15, 0.2) is 6.23 Å². The number of nitrogens with zero attached hydrogens (tertiary/aromatic N) is 1.